The summed E-state index contributed by atoms with van der Waals surface area (Å²) < 4.78 is 8.97. The molecule has 0 amide bonds. The van der Waals surface area contributed by atoms with Gasteiger partial charge in [-0.2, -0.15) is 0 Å². The topological polar surface area (TPSA) is 41.5 Å². The summed E-state index contributed by atoms with van der Waals surface area (Å²) in [4.78, 5) is 0. The average Bonchev–Trinajstić information content (AvgIpc) is 2.53. The van der Waals surface area contributed by atoms with Gasteiger partial charge in [-0.1, -0.05) is 36.2 Å². The zero-order chi connectivity index (χ0) is 16.9. The molecule has 0 spiro atoms. The van der Waals surface area contributed by atoms with Crippen LogP contribution in [0.15, 0.2) is 42.5 Å². The third kappa shape index (κ3) is 5.27. The molecule has 0 bridgehead atoms. The number of methoxy groups -OCH3 is 1. The minimum atomic E-state index is 0.0530. The highest BCUT2D eigenvalue weighted by atomic mass is 32.2. The van der Waals surface area contributed by atoms with Crippen molar-refractivity contribution < 1.29 is 9.84 Å². The number of hydrogen-bond donors (Lipinski definition) is 2. The first kappa shape index (κ1) is 17.9. The van der Waals surface area contributed by atoms with Crippen LogP contribution in [0.2, 0.25) is 0 Å². The van der Waals surface area contributed by atoms with Gasteiger partial charge >= 0.3 is 0 Å². The Morgan fingerprint density at radius 3 is 2.57 bits per heavy atom. The van der Waals surface area contributed by atoms with Crippen molar-refractivity contribution in [2.45, 2.75) is 38.7 Å². The van der Waals surface area contributed by atoms with Gasteiger partial charge in [-0.05, 0) is 61.2 Å². The van der Waals surface area contributed by atoms with E-state index in [1.165, 1.54) is 5.56 Å². The first-order valence-electron chi connectivity index (χ1n) is 7.71. The smallest absolute Gasteiger partial charge is 0.119 e. The summed E-state index contributed by atoms with van der Waals surface area (Å²) in [7, 11) is 1.68. The standard InChI is InChI=1S/C19H25NO2S/c1-19(2,3)23-20-12-16-11-17(22-4)8-9-18(16)15-7-5-6-14(10-15)13-21/h5-11,20-21H,12-13H2,1-4H3. The summed E-state index contributed by atoms with van der Waals surface area (Å²) in [5.74, 6) is 0.852. The maximum absolute atomic E-state index is 9.36. The van der Waals surface area contributed by atoms with Crippen molar-refractivity contribution in [2.75, 3.05) is 7.11 Å². The molecular weight excluding hydrogens is 306 g/mol. The van der Waals surface area contributed by atoms with Gasteiger partial charge in [-0.3, -0.25) is 4.72 Å². The van der Waals surface area contributed by atoms with Crippen LogP contribution in [0, 0.1) is 0 Å². The molecule has 0 atom stereocenters. The predicted octanol–water partition coefficient (Wildman–Crippen LogP) is 4.39. The molecule has 23 heavy (non-hydrogen) atoms. The zero-order valence-electron chi connectivity index (χ0n) is 14.2. The molecule has 4 heteroatoms. The van der Waals surface area contributed by atoms with E-state index in [-0.39, 0.29) is 11.4 Å². The lowest BCUT2D eigenvalue weighted by molar-refractivity contribution is 0.282. The number of hydrogen-bond acceptors (Lipinski definition) is 4. The lowest BCUT2D eigenvalue weighted by Crippen LogP contribution is -2.17. The van der Waals surface area contributed by atoms with Crippen molar-refractivity contribution in [3.05, 3.63) is 53.6 Å². The van der Waals surface area contributed by atoms with Crippen molar-refractivity contribution in [3.63, 3.8) is 0 Å². The van der Waals surface area contributed by atoms with E-state index in [1.54, 1.807) is 19.1 Å². The lowest BCUT2D eigenvalue weighted by Gasteiger charge is -2.19. The van der Waals surface area contributed by atoms with E-state index in [2.05, 4.69) is 43.7 Å². The van der Waals surface area contributed by atoms with Crippen LogP contribution in [0.4, 0.5) is 0 Å². The van der Waals surface area contributed by atoms with Crippen molar-refractivity contribution in [1.29, 1.82) is 0 Å². The summed E-state index contributed by atoms with van der Waals surface area (Å²) in [5.41, 5.74) is 4.36. The summed E-state index contributed by atoms with van der Waals surface area (Å²) in [6.07, 6.45) is 0. The van der Waals surface area contributed by atoms with Crippen molar-refractivity contribution in [3.8, 4) is 16.9 Å². The van der Waals surface area contributed by atoms with Crippen LogP contribution >= 0.6 is 11.9 Å². The minimum Gasteiger partial charge on any atom is -0.497 e. The highest BCUT2D eigenvalue weighted by Crippen LogP contribution is 2.29. The van der Waals surface area contributed by atoms with Gasteiger partial charge in [0, 0.05) is 11.3 Å². The Morgan fingerprint density at radius 1 is 1.13 bits per heavy atom. The molecular formula is C19H25NO2S. The van der Waals surface area contributed by atoms with E-state index in [9.17, 15) is 5.11 Å². The molecule has 0 saturated carbocycles. The molecule has 0 aliphatic carbocycles. The van der Waals surface area contributed by atoms with Gasteiger partial charge in [0.15, 0.2) is 0 Å². The molecule has 2 rings (SSSR count). The van der Waals surface area contributed by atoms with E-state index in [4.69, 9.17) is 4.74 Å². The lowest BCUT2D eigenvalue weighted by atomic mass is 9.98. The second kappa shape index (κ2) is 7.86. The van der Waals surface area contributed by atoms with E-state index >= 15 is 0 Å². The van der Waals surface area contributed by atoms with E-state index in [0.717, 1.165) is 29.0 Å². The molecule has 2 aromatic carbocycles. The summed E-state index contributed by atoms with van der Waals surface area (Å²) in [6.45, 7) is 7.35. The Morgan fingerprint density at radius 2 is 1.91 bits per heavy atom. The number of ether oxygens (including phenoxy) is 1. The second-order valence-corrected chi connectivity index (χ2v) is 8.13. The van der Waals surface area contributed by atoms with Crippen LogP contribution in [0.25, 0.3) is 11.1 Å². The maximum atomic E-state index is 9.36. The molecule has 124 valence electrons. The molecule has 0 heterocycles. The molecule has 0 aliphatic heterocycles. The van der Waals surface area contributed by atoms with Crippen LogP contribution in [-0.4, -0.2) is 17.0 Å². The fourth-order valence-corrected chi connectivity index (χ4v) is 2.95. The van der Waals surface area contributed by atoms with Crippen molar-refractivity contribution >= 4 is 11.9 Å². The highest BCUT2D eigenvalue weighted by Gasteiger charge is 2.12. The van der Waals surface area contributed by atoms with Crippen LogP contribution in [0.1, 0.15) is 31.9 Å². The number of nitrogens with one attached hydrogen (secondary N) is 1. The minimum absolute atomic E-state index is 0.0530. The Hall–Kier alpha value is -1.49. The third-order valence-electron chi connectivity index (χ3n) is 3.37. The van der Waals surface area contributed by atoms with Crippen LogP contribution in [0.5, 0.6) is 5.75 Å². The number of aliphatic hydroxyl groups is 1. The number of benzene rings is 2. The number of rotatable bonds is 6. The molecule has 2 N–H and O–H groups in total. The van der Waals surface area contributed by atoms with Gasteiger partial charge in [-0.15, -0.1) is 0 Å². The monoisotopic (exact) mass is 331 g/mol. The summed E-state index contributed by atoms with van der Waals surface area (Å²) >= 11 is 1.72. The Balaban J connectivity index is 2.30. The zero-order valence-corrected chi connectivity index (χ0v) is 15.0. The molecule has 0 aromatic heterocycles. The largest absolute Gasteiger partial charge is 0.497 e. The van der Waals surface area contributed by atoms with Gasteiger partial charge in [0.1, 0.15) is 5.75 Å². The van der Waals surface area contributed by atoms with Gasteiger partial charge in [-0.25, -0.2) is 0 Å². The molecule has 0 saturated heterocycles. The molecule has 3 nitrogen and oxygen atoms in total. The van der Waals surface area contributed by atoms with E-state index in [1.807, 2.05) is 24.3 Å². The van der Waals surface area contributed by atoms with Crippen LogP contribution < -0.4 is 9.46 Å². The molecule has 0 radical (unpaired) electrons. The molecule has 0 aliphatic rings. The van der Waals surface area contributed by atoms with Crippen LogP contribution in [0.3, 0.4) is 0 Å². The van der Waals surface area contributed by atoms with Crippen LogP contribution in [-0.2, 0) is 13.2 Å². The number of aliphatic hydroxyl groups excluding tert-OH is 1. The first-order valence-corrected chi connectivity index (χ1v) is 8.52. The molecule has 0 unspecified atom stereocenters. The van der Waals surface area contributed by atoms with Gasteiger partial charge < -0.3 is 9.84 Å². The Kier molecular flexibility index (Phi) is 6.10. The predicted molar refractivity (Wildman–Crippen MR) is 98.5 cm³/mol. The summed E-state index contributed by atoms with van der Waals surface area (Å²) in [6, 6.07) is 14.1. The van der Waals surface area contributed by atoms with E-state index in [0.29, 0.717) is 0 Å². The molecule has 2 aromatic rings. The SMILES string of the molecule is COc1ccc(-c2cccc(CO)c2)c(CNSC(C)(C)C)c1. The van der Waals surface area contributed by atoms with E-state index < -0.39 is 0 Å². The second-order valence-electron chi connectivity index (χ2n) is 6.42. The normalized spacial score (nSPS) is 11.5. The average molecular weight is 331 g/mol. The maximum Gasteiger partial charge on any atom is 0.119 e. The third-order valence-corrected chi connectivity index (χ3v) is 4.27. The molecule has 0 fully saturated rings. The van der Waals surface area contributed by atoms with Gasteiger partial charge in [0.25, 0.3) is 0 Å². The Labute approximate surface area is 143 Å². The Bertz CT molecular complexity index is 650. The fraction of sp³-hybridized carbons (Fsp3) is 0.368. The fourth-order valence-electron chi connectivity index (χ4n) is 2.29. The van der Waals surface area contributed by atoms with Gasteiger partial charge in [0.2, 0.25) is 0 Å². The van der Waals surface area contributed by atoms with Gasteiger partial charge in [0.05, 0.1) is 13.7 Å². The van der Waals surface area contributed by atoms with Crippen molar-refractivity contribution in [2.24, 2.45) is 0 Å². The highest BCUT2D eigenvalue weighted by molar-refractivity contribution is 7.98. The summed E-state index contributed by atoms with van der Waals surface area (Å²) in [5, 5.41) is 9.36. The first-order chi connectivity index (χ1) is 10.9. The van der Waals surface area contributed by atoms with Crippen molar-refractivity contribution in [1.82, 2.24) is 4.72 Å². The quantitative estimate of drug-likeness (QED) is 0.770.